The monoisotopic (exact) mass is 1010 g/mol. The number of benzene rings is 10. The Labute approximate surface area is 465 Å². The Bertz CT molecular complexity index is 3380. The SMILES string of the molecule is C.C.C.C.C.C.Cc1ccc2c(c1)-c1cc(C)ccc1C2(C)C.Cc1ccc2c(c1)C(c1ccccc1)(c1ccccc1)c1cc(C)ccc1-2.Cc1ccc2c(c1)C1(c3ccccc3-c3ccccc31)c1cc(C)ccc1-2. The minimum atomic E-state index is -0.273. The molecule has 4 aliphatic carbocycles. The predicted octanol–water partition coefficient (Wildman–Crippen LogP) is 21.7. The van der Waals surface area contributed by atoms with Gasteiger partial charge in [-0.2, -0.15) is 0 Å². The number of hydrogen-bond acceptors (Lipinski definition) is 0. The molecule has 0 aliphatic heterocycles. The van der Waals surface area contributed by atoms with Crippen molar-refractivity contribution in [3.8, 4) is 44.5 Å². The van der Waals surface area contributed by atoms with Crippen molar-refractivity contribution in [3.63, 3.8) is 0 Å². The Hall–Kier alpha value is -7.80. The Morgan fingerprint density at radius 2 is 0.468 bits per heavy atom. The number of hydrogen-bond donors (Lipinski definition) is 0. The van der Waals surface area contributed by atoms with Gasteiger partial charge in [0.1, 0.15) is 0 Å². The van der Waals surface area contributed by atoms with Gasteiger partial charge in [0.25, 0.3) is 0 Å². The summed E-state index contributed by atoms with van der Waals surface area (Å²) in [7, 11) is 0. The molecule has 10 aromatic rings. The quantitative estimate of drug-likeness (QED) is 0.162. The minimum Gasteiger partial charge on any atom is -0.0776 e. The molecule has 0 saturated heterocycles. The molecular weight excluding hydrogens is 925 g/mol. The second-order valence-corrected chi connectivity index (χ2v) is 21.2. The third-order valence-electron chi connectivity index (χ3n) is 16.2. The Kier molecular flexibility index (Phi) is 16.7. The Morgan fingerprint density at radius 3 is 0.805 bits per heavy atom. The molecule has 0 amide bonds. The molecule has 0 bridgehead atoms. The third-order valence-corrected chi connectivity index (χ3v) is 16.2. The highest BCUT2D eigenvalue weighted by Gasteiger charge is 2.52. The number of aryl methyl sites for hydroxylation is 6. The van der Waals surface area contributed by atoms with E-state index < -0.39 is 0 Å². The maximum Gasteiger partial charge on any atom is 0.0725 e. The summed E-state index contributed by atoms with van der Waals surface area (Å²) < 4.78 is 0. The van der Waals surface area contributed by atoms with E-state index in [4.69, 9.17) is 0 Å². The first-order valence-corrected chi connectivity index (χ1v) is 25.4. The molecule has 0 unspecified atom stereocenters. The summed E-state index contributed by atoms with van der Waals surface area (Å²) in [6, 6.07) is 81.3. The third kappa shape index (κ3) is 8.81. The van der Waals surface area contributed by atoms with Gasteiger partial charge >= 0.3 is 0 Å². The molecule has 0 heterocycles. The van der Waals surface area contributed by atoms with E-state index in [0.717, 1.165) is 0 Å². The lowest BCUT2D eigenvalue weighted by molar-refractivity contribution is 0.660. The van der Waals surface area contributed by atoms with Crippen molar-refractivity contribution in [2.24, 2.45) is 0 Å². The van der Waals surface area contributed by atoms with Crippen LogP contribution >= 0.6 is 0 Å². The Balaban J connectivity index is 0.000000185. The fraction of sp³-hybridized carbons (Fsp3) is 0.221. The van der Waals surface area contributed by atoms with Gasteiger partial charge in [-0.05, 0) is 142 Å². The molecule has 392 valence electrons. The lowest BCUT2D eigenvalue weighted by atomic mass is 9.67. The molecule has 0 aromatic heterocycles. The zero-order chi connectivity index (χ0) is 48.8. The molecule has 0 N–H and O–H groups in total. The van der Waals surface area contributed by atoms with Crippen molar-refractivity contribution in [2.75, 3.05) is 0 Å². The first kappa shape index (κ1) is 58.5. The van der Waals surface area contributed by atoms with Crippen LogP contribution in [0.5, 0.6) is 0 Å². The van der Waals surface area contributed by atoms with Crippen LogP contribution in [-0.4, -0.2) is 0 Å². The van der Waals surface area contributed by atoms with E-state index in [2.05, 4.69) is 274 Å². The smallest absolute Gasteiger partial charge is 0.0725 e. The average Bonchev–Trinajstić information content (AvgIpc) is 4.07. The van der Waals surface area contributed by atoms with Gasteiger partial charge in [0.2, 0.25) is 0 Å². The van der Waals surface area contributed by atoms with Crippen molar-refractivity contribution in [1.29, 1.82) is 0 Å². The Morgan fingerprint density at radius 1 is 0.208 bits per heavy atom. The van der Waals surface area contributed by atoms with Crippen molar-refractivity contribution in [2.45, 2.75) is 116 Å². The maximum atomic E-state index is 2.41. The van der Waals surface area contributed by atoms with Crippen LogP contribution < -0.4 is 0 Å². The maximum absolute atomic E-state index is 2.41. The van der Waals surface area contributed by atoms with Gasteiger partial charge in [-0.25, -0.2) is 0 Å². The summed E-state index contributed by atoms with van der Waals surface area (Å²) >= 11 is 0. The van der Waals surface area contributed by atoms with Gasteiger partial charge in [0.05, 0.1) is 10.8 Å². The summed E-state index contributed by atoms with van der Waals surface area (Å²) in [6.07, 6.45) is 0. The topological polar surface area (TPSA) is 0 Å². The normalized spacial score (nSPS) is 13.4. The van der Waals surface area contributed by atoms with E-state index in [-0.39, 0.29) is 60.8 Å². The molecule has 0 saturated carbocycles. The number of fused-ring (bicyclic) bond motifs is 16. The zero-order valence-electron chi connectivity index (χ0n) is 42.3. The predicted molar refractivity (Wildman–Crippen MR) is 339 cm³/mol. The van der Waals surface area contributed by atoms with Gasteiger partial charge in [0.15, 0.2) is 0 Å². The molecule has 4 aliphatic rings. The summed E-state index contributed by atoms with van der Waals surface area (Å²) in [6.45, 7) is 17.8. The summed E-state index contributed by atoms with van der Waals surface area (Å²) in [5.41, 5.74) is 32.7. The van der Waals surface area contributed by atoms with Gasteiger partial charge < -0.3 is 0 Å². The van der Waals surface area contributed by atoms with Crippen molar-refractivity contribution < 1.29 is 0 Å². The molecule has 0 heteroatoms. The van der Waals surface area contributed by atoms with Gasteiger partial charge in [0, 0.05) is 5.41 Å². The molecule has 10 aromatic carbocycles. The molecule has 0 atom stereocenters. The summed E-state index contributed by atoms with van der Waals surface area (Å²) in [5.74, 6) is 0. The highest BCUT2D eigenvalue weighted by atomic mass is 14.5. The average molecular weight is 1010 g/mol. The summed E-state index contributed by atoms with van der Waals surface area (Å²) in [4.78, 5) is 0. The standard InChI is InChI=1S/C27H20.C27H22.C17H18.6CH4/c1-17-11-13-21-22-14-12-18(2)16-26(22)27(25(21)15-17)23-9-5-3-7-19(23)20-8-4-6-10-24(20)27;1-19-13-15-23-24-16-14-20(2)18-26(24)27(25(23)17-19,21-9-5-3-6-10-21)22-11-7-4-8-12-22;1-11-5-7-15-13(9-11)14-10-12(2)6-8-16(14)17(15,3)4;;;;;;/h3-16H,1-2H3;3-18H,1-2H3;5-10H,1-4H3;6*1H4. The highest BCUT2D eigenvalue weighted by molar-refractivity contribution is 5.95. The van der Waals surface area contributed by atoms with Crippen LogP contribution in [0.3, 0.4) is 0 Å². The van der Waals surface area contributed by atoms with Crippen LogP contribution in [0.1, 0.15) is 147 Å². The summed E-state index contributed by atoms with van der Waals surface area (Å²) in [5, 5.41) is 0. The van der Waals surface area contributed by atoms with E-state index in [1.165, 1.54) is 134 Å². The van der Waals surface area contributed by atoms with Crippen LogP contribution in [-0.2, 0) is 16.2 Å². The number of rotatable bonds is 2. The molecular formula is C77H84. The molecule has 1 spiro atoms. The van der Waals surface area contributed by atoms with Crippen molar-refractivity contribution in [1.82, 2.24) is 0 Å². The van der Waals surface area contributed by atoms with E-state index in [1.807, 2.05) is 0 Å². The minimum absolute atomic E-state index is 0. The molecule has 14 rings (SSSR count). The van der Waals surface area contributed by atoms with Crippen LogP contribution in [0, 0.1) is 41.5 Å². The fourth-order valence-corrected chi connectivity index (χ4v) is 13.1. The van der Waals surface area contributed by atoms with E-state index in [0.29, 0.717) is 0 Å². The van der Waals surface area contributed by atoms with E-state index in [1.54, 1.807) is 0 Å². The lowest BCUT2D eigenvalue weighted by Gasteiger charge is -2.34. The van der Waals surface area contributed by atoms with Crippen LogP contribution in [0.2, 0.25) is 0 Å². The zero-order valence-corrected chi connectivity index (χ0v) is 42.3. The van der Waals surface area contributed by atoms with E-state index in [9.17, 15) is 0 Å². The molecule has 0 fully saturated rings. The fourth-order valence-electron chi connectivity index (χ4n) is 13.1. The lowest BCUT2D eigenvalue weighted by Crippen LogP contribution is -2.28. The van der Waals surface area contributed by atoms with Crippen LogP contribution in [0.4, 0.5) is 0 Å². The largest absolute Gasteiger partial charge is 0.0776 e. The van der Waals surface area contributed by atoms with Gasteiger partial charge in [-0.15, -0.1) is 0 Å². The van der Waals surface area contributed by atoms with Crippen molar-refractivity contribution in [3.05, 3.63) is 307 Å². The van der Waals surface area contributed by atoms with Crippen LogP contribution in [0.15, 0.2) is 218 Å². The van der Waals surface area contributed by atoms with Crippen molar-refractivity contribution >= 4 is 0 Å². The van der Waals surface area contributed by atoms with Gasteiger partial charge in [-0.1, -0.05) is 310 Å². The second kappa shape index (κ2) is 22.0. The van der Waals surface area contributed by atoms with Crippen LogP contribution in [0.25, 0.3) is 44.5 Å². The molecule has 77 heavy (non-hydrogen) atoms. The molecule has 0 nitrogen and oxygen atoms in total. The first-order valence-electron chi connectivity index (χ1n) is 25.4. The second-order valence-electron chi connectivity index (χ2n) is 21.2. The van der Waals surface area contributed by atoms with E-state index >= 15 is 0 Å². The first-order chi connectivity index (χ1) is 34.4. The molecule has 0 radical (unpaired) electrons. The highest BCUT2D eigenvalue weighted by Crippen LogP contribution is 2.63. The van der Waals surface area contributed by atoms with Gasteiger partial charge in [-0.3, -0.25) is 0 Å².